The molecule has 0 aromatic heterocycles. The van der Waals surface area contributed by atoms with Gasteiger partial charge in [0, 0.05) is 5.56 Å². The van der Waals surface area contributed by atoms with Gasteiger partial charge in [0.2, 0.25) is 5.91 Å². The second kappa shape index (κ2) is 4.71. The lowest BCUT2D eigenvalue weighted by Gasteiger charge is -2.10. The topological polar surface area (TPSA) is 70.1 Å². The molecule has 2 aromatic carbocycles. The molecule has 0 fully saturated rings. The predicted octanol–water partition coefficient (Wildman–Crippen LogP) is 2.25. The second-order valence-electron chi connectivity index (χ2n) is 4.85. The van der Waals surface area contributed by atoms with Crippen LogP contribution in [0.2, 0.25) is 0 Å². The first-order valence-corrected chi connectivity index (χ1v) is 6.34. The maximum Gasteiger partial charge on any atom is 0.248 e. The van der Waals surface area contributed by atoms with Gasteiger partial charge < -0.3 is 10.6 Å². The van der Waals surface area contributed by atoms with Gasteiger partial charge in [-0.2, -0.15) is 5.26 Å². The van der Waals surface area contributed by atoms with Crippen molar-refractivity contribution in [3.05, 3.63) is 59.2 Å². The van der Waals surface area contributed by atoms with Gasteiger partial charge in [-0.15, -0.1) is 0 Å². The van der Waals surface area contributed by atoms with Crippen molar-refractivity contribution in [1.29, 1.82) is 5.26 Å². The normalized spacial score (nSPS) is 12.8. The van der Waals surface area contributed by atoms with Crippen molar-refractivity contribution in [3.63, 3.8) is 0 Å². The number of fused-ring (bicyclic) bond motifs is 1. The number of nitrogens with zero attached hydrogens (tertiary/aromatic N) is 2. The molecule has 0 unspecified atom stereocenters. The Labute approximate surface area is 117 Å². The Morgan fingerprint density at radius 3 is 2.60 bits per heavy atom. The van der Waals surface area contributed by atoms with Gasteiger partial charge in [-0.25, -0.2) is 0 Å². The van der Waals surface area contributed by atoms with E-state index in [0.29, 0.717) is 18.7 Å². The van der Waals surface area contributed by atoms with Gasteiger partial charge in [0.1, 0.15) is 0 Å². The molecule has 1 aliphatic rings. The fourth-order valence-electron chi connectivity index (χ4n) is 2.60. The van der Waals surface area contributed by atoms with E-state index >= 15 is 0 Å². The van der Waals surface area contributed by atoms with Gasteiger partial charge in [-0.1, -0.05) is 30.3 Å². The third-order valence-electron chi connectivity index (χ3n) is 3.56. The fourth-order valence-corrected chi connectivity index (χ4v) is 2.60. The first kappa shape index (κ1) is 12.2. The van der Waals surface area contributed by atoms with E-state index in [0.717, 1.165) is 22.3 Å². The van der Waals surface area contributed by atoms with Crippen LogP contribution < -0.4 is 5.73 Å². The van der Waals surface area contributed by atoms with E-state index in [2.05, 4.69) is 6.19 Å². The number of amides is 1. The lowest BCUT2D eigenvalue weighted by atomic mass is 9.94. The molecule has 1 heterocycles. The molecule has 0 saturated heterocycles. The summed E-state index contributed by atoms with van der Waals surface area (Å²) >= 11 is 0. The van der Waals surface area contributed by atoms with E-state index in [1.54, 1.807) is 11.0 Å². The SMILES string of the molecule is N#CN1Cc2cc(C(N)=O)cc(-c3ccccc3)c2C1. The molecule has 2 aromatic rings. The van der Waals surface area contributed by atoms with Crippen LogP contribution in [0.15, 0.2) is 42.5 Å². The van der Waals surface area contributed by atoms with Crippen molar-refractivity contribution in [2.75, 3.05) is 0 Å². The van der Waals surface area contributed by atoms with Crippen LogP contribution in [0, 0.1) is 11.5 Å². The summed E-state index contributed by atoms with van der Waals surface area (Å²) in [6.45, 7) is 1.11. The molecule has 1 amide bonds. The van der Waals surface area contributed by atoms with E-state index in [1.807, 2.05) is 36.4 Å². The van der Waals surface area contributed by atoms with Crippen LogP contribution in [0.25, 0.3) is 11.1 Å². The highest BCUT2D eigenvalue weighted by molar-refractivity contribution is 5.95. The third kappa shape index (κ3) is 1.99. The summed E-state index contributed by atoms with van der Waals surface area (Å²) in [6, 6.07) is 13.5. The van der Waals surface area contributed by atoms with Crippen LogP contribution in [0.4, 0.5) is 0 Å². The summed E-state index contributed by atoms with van der Waals surface area (Å²) in [7, 11) is 0. The van der Waals surface area contributed by atoms with Crippen LogP contribution in [0.1, 0.15) is 21.5 Å². The summed E-state index contributed by atoms with van der Waals surface area (Å²) in [5.41, 5.74) is 10.0. The van der Waals surface area contributed by atoms with Crippen LogP contribution in [0.5, 0.6) is 0 Å². The van der Waals surface area contributed by atoms with Gasteiger partial charge in [0.25, 0.3) is 0 Å². The van der Waals surface area contributed by atoms with Crippen molar-refractivity contribution in [3.8, 4) is 17.3 Å². The van der Waals surface area contributed by atoms with Gasteiger partial charge in [-0.05, 0) is 34.4 Å². The van der Waals surface area contributed by atoms with Gasteiger partial charge in [0.15, 0.2) is 6.19 Å². The van der Waals surface area contributed by atoms with Crippen molar-refractivity contribution in [1.82, 2.24) is 4.90 Å². The molecule has 2 N–H and O–H groups in total. The molecule has 0 saturated carbocycles. The molecule has 0 atom stereocenters. The van der Waals surface area contributed by atoms with E-state index < -0.39 is 5.91 Å². The van der Waals surface area contributed by atoms with Gasteiger partial charge >= 0.3 is 0 Å². The molecule has 0 spiro atoms. The Bertz CT molecular complexity index is 716. The largest absolute Gasteiger partial charge is 0.366 e. The number of rotatable bonds is 2. The molecule has 0 radical (unpaired) electrons. The van der Waals surface area contributed by atoms with Crippen LogP contribution in [-0.2, 0) is 13.1 Å². The summed E-state index contributed by atoms with van der Waals surface area (Å²) in [5.74, 6) is -0.444. The van der Waals surface area contributed by atoms with Crippen molar-refractivity contribution >= 4 is 5.91 Å². The summed E-state index contributed by atoms with van der Waals surface area (Å²) in [4.78, 5) is 13.1. The van der Waals surface area contributed by atoms with Crippen molar-refractivity contribution < 1.29 is 4.79 Å². The molecule has 3 rings (SSSR count). The minimum atomic E-state index is -0.444. The van der Waals surface area contributed by atoms with Gasteiger partial charge in [-0.3, -0.25) is 4.79 Å². The Morgan fingerprint density at radius 1 is 1.20 bits per heavy atom. The zero-order chi connectivity index (χ0) is 14.1. The highest BCUT2D eigenvalue weighted by Gasteiger charge is 2.23. The number of carbonyl (C=O) groups is 1. The molecule has 0 aliphatic carbocycles. The molecular formula is C16H13N3O. The first-order chi connectivity index (χ1) is 9.69. The number of carbonyl (C=O) groups excluding carboxylic acids is 1. The highest BCUT2D eigenvalue weighted by atomic mass is 16.1. The molecule has 0 bridgehead atoms. The number of nitriles is 1. The van der Waals surface area contributed by atoms with E-state index in [-0.39, 0.29) is 0 Å². The summed E-state index contributed by atoms with van der Waals surface area (Å²) < 4.78 is 0. The molecule has 1 aliphatic heterocycles. The maximum absolute atomic E-state index is 11.5. The van der Waals surface area contributed by atoms with Crippen LogP contribution in [-0.4, -0.2) is 10.8 Å². The van der Waals surface area contributed by atoms with Crippen LogP contribution >= 0.6 is 0 Å². The Morgan fingerprint density at radius 2 is 1.95 bits per heavy atom. The van der Waals surface area contributed by atoms with Crippen molar-refractivity contribution in [2.45, 2.75) is 13.1 Å². The minimum absolute atomic E-state index is 0.444. The summed E-state index contributed by atoms with van der Waals surface area (Å²) in [6.07, 6.45) is 2.16. The average Bonchev–Trinajstić information content (AvgIpc) is 2.90. The Kier molecular flexibility index (Phi) is 2.88. The van der Waals surface area contributed by atoms with E-state index in [4.69, 9.17) is 11.0 Å². The smallest absolute Gasteiger partial charge is 0.248 e. The quantitative estimate of drug-likeness (QED) is 0.845. The number of nitrogens with two attached hydrogens (primary N) is 1. The number of benzene rings is 2. The number of hydrogen-bond donors (Lipinski definition) is 1. The number of primary amides is 1. The maximum atomic E-state index is 11.5. The molecule has 4 nitrogen and oxygen atoms in total. The zero-order valence-corrected chi connectivity index (χ0v) is 10.8. The van der Waals surface area contributed by atoms with E-state index in [9.17, 15) is 4.79 Å². The Hall–Kier alpha value is -2.80. The van der Waals surface area contributed by atoms with Gasteiger partial charge in [0.05, 0.1) is 13.1 Å². The zero-order valence-electron chi connectivity index (χ0n) is 10.8. The lowest BCUT2D eigenvalue weighted by Crippen LogP contribution is -2.11. The molecule has 98 valence electrons. The monoisotopic (exact) mass is 263 g/mol. The fraction of sp³-hybridized carbons (Fsp3) is 0.125. The average molecular weight is 263 g/mol. The summed E-state index contributed by atoms with van der Waals surface area (Å²) in [5, 5.41) is 9.06. The number of hydrogen-bond acceptors (Lipinski definition) is 3. The Balaban J connectivity index is 2.19. The standard InChI is InChI=1S/C16H13N3O/c17-10-19-8-13-6-12(16(18)20)7-14(15(13)9-19)11-4-2-1-3-5-11/h1-7H,8-9H2,(H2,18,20). The molecular weight excluding hydrogens is 250 g/mol. The minimum Gasteiger partial charge on any atom is -0.366 e. The van der Waals surface area contributed by atoms with Crippen LogP contribution in [0.3, 0.4) is 0 Å². The highest BCUT2D eigenvalue weighted by Crippen LogP contribution is 2.33. The van der Waals surface area contributed by atoms with E-state index in [1.165, 1.54) is 0 Å². The molecule has 20 heavy (non-hydrogen) atoms. The first-order valence-electron chi connectivity index (χ1n) is 6.34. The third-order valence-corrected chi connectivity index (χ3v) is 3.56. The molecule has 4 heteroatoms. The second-order valence-corrected chi connectivity index (χ2v) is 4.85. The van der Waals surface area contributed by atoms with Crippen molar-refractivity contribution in [2.24, 2.45) is 5.73 Å². The predicted molar refractivity (Wildman–Crippen MR) is 75.3 cm³/mol. The lowest BCUT2D eigenvalue weighted by molar-refractivity contribution is 0.1000.